The summed E-state index contributed by atoms with van der Waals surface area (Å²) in [6.07, 6.45) is 3.06. The molecule has 0 heterocycles. The van der Waals surface area contributed by atoms with Gasteiger partial charge in [-0.1, -0.05) is 18.6 Å². The molecule has 28 heavy (non-hydrogen) atoms. The Bertz CT molecular complexity index is 953. The van der Waals surface area contributed by atoms with Crippen molar-refractivity contribution in [2.45, 2.75) is 27.2 Å². The maximum atomic E-state index is 12.2. The molecule has 0 aliphatic rings. The van der Waals surface area contributed by atoms with Crippen LogP contribution in [-0.2, 0) is 9.53 Å². The minimum Gasteiger partial charge on any atom is -0.507 e. The van der Waals surface area contributed by atoms with Crippen molar-refractivity contribution in [1.82, 2.24) is 0 Å². The third-order valence-electron chi connectivity index (χ3n) is 4.07. The number of fused-ring (bicyclic) bond motifs is 1. The van der Waals surface area contributed by atoms with Crippen LogP contribution in [0.4, 0.5) is 0 Å². The van der Waals surface area contributed by atoms with E-state index in [0.717, 1.165) is 11.6 Å². The summed E-state index contributed by atoms with van der Waals surface area (Å²) in [5, 5.41) is 49.9. The molecule has 1 unspecified atom stereocenters. The van der Waals surface area contributed by atoms with Gasteiger partial charge in [0.05, 0.1) is 22.8 Å². The molecule has 0 amide bonds. The number of carbonyl (C=O) groups excluding carboxylic acids is 1. The Morgan fingerprint density at radius 2 is 1.64 bits per heavy atom. The molecular weight excluding hydrogens is 364 g/mol. The fourth-order valence-electron chi connectivity index (χ4n) is 2.61. The number of carbonyl (C=O) groups is 1. The van der Waals surface area contributed by atoms with Crippen LogP contribution >= 0.6 is 0 Å². The third kappa shape index (κ3) is 4.55. The van der Waals surface area contributed by atoms with E-state index in [9.17, 15) is 25.2 Å². The highest BCUT2D eigenvalue weighted by Gasteiger charge is 2.22. The summed E-state index contributed by atoms with van der Waals surface area (Å²) in [6.45, 7) is 5.15. The number of aliphatic hydroxyl groups is 1. The van der Waals surface area contributed by atoms with E-state index in [2.05, 4.69) is 0 Å². The molecular formula is C21H24O7. The van der Waals surface area contributed by atoms with Crippen LogP contribution in [0.15, 0.2) is 35.9 Å². The molecule has 1 atom stereocenters. The van der Waals surface area contributed by atoms with E-state index in [0.29, 0.717) is 0 Å². The van der Waals surface area contributed by atoms with Crippen LogP contribution in [0.5, 0.6) is 23.0 Å². The van der Waals surface area contributed by atoms with Gasteiger partial charge in [0.25, 0.3) is 0 Å². The molecule has 0 spiro atoms. The molecule has 0 aromatic heterocycles. The Balaban J connectivity index is 2.63. The monoisotopic (exact) mass is 388 g/mol. The van der Waals surface area contributed by atoms with Crippen LogP contribution in [0.2, 0.25) is 0 Å². The van der Waals surface area contributed by atoms with Crippen molar-refractivity contribution in [2.24, 2.45) is 5.92 Å². The molecule has 0 fully saturated rings. The Kier molecular flexibility index (Phi) is 6.53. The number of esters is 1. The van der Waals surface area contributed by atoms with Gasteiger partial charge < -0.3 is 30.3 Å². The summed E-state index contributed by atoms with van der Waals surface area (Å²) >= 11 is 0. The quantitative estimate of drug-likeness (QED) is 0.222. The second kappa shape index (κ2) is 8.67. The summed E-state index contributed by atoms with van der Waals surface area (Å²) in [5.74, 6) is -2.53. The van der Waals surface area contributed by atoms with Crippen molar-refractivity contribution in [1.29, 1.82) is 0 Å². The standard InChI is InChI=1S/C21H24O7/c1-11(2)4-7-17(28-18(26)8-12(3)10-22)13-9-16(25)19-14(23)5-6-15(24)20(19)21(13)27/h4-7,9,12,22-25,27H,8,10H2,1-3H3. The average Bonchev–Trinajstić information content (AvgIpc) is 2.63. The highest BCUT2D eigenvalue weighted by atomic mass is 16.5. The van der Waals surface area contributed by atoms with Gasteiger partial charge in [0.15, 0.2) is 0 Å². The normalized spacial score (nSPS) is 12.6. The molecule has 0 saturated heterocycles. The Morgan fingerprint density at radius 1 is 1.04 bits per heavy atom. The summed E-state index contributed by atoms with van der Waals surface area (Å²) in [4.78, 5) is 12.2. The van der Waals surface area contributed by atoms with Crippen molar-refractivity contribution in [3.8, 4) is 23.0 Å². The first-order chi connectivity index (χ1) is 13.1. The Hall–Kier alpha value is -3.19. The molecule has 5 N–H and O–H groups in total. The van der Waals surface area contributed by atoms with Crippen LogP contribution in [0.1, 0.15) is 32.8 Å². The number of benzene rings is 2. The van der Waals surface area contributed by atoms with Gasteiger partial charge in [-0.15, -0.1) is 0 Å². The van der Waals surface area contributed by atoms with Gasteiger partial charge in [0.1, 0.15) is 28.8 Å². The lowest BCUT2D eigenvalue weighted by atomic mass is 10.0. The molecule has 0 aliphatic heterocycles. The lowest BCUT2D eigenvalue weighted by Gasteiger charge is -2.15. The van der Waals surface area contributed by atoms with Crippen molar-refractivity contribution in [3.63, 3.8) is 0 Å². The van der Waals surface area contributed by atoms with E-state index >= 15 is 0 Å². The summed E-state index contributed by atoms with van der Waals surface area (Å²) in [7, 11) is 0. The zero-order valence-electron chi connectivity index (χ0n) is 15.9. The van der Waals surface area contributed by atoms with Gasteiger partial charge in [0.2, 0.25) is 0 Å². The highest BCUT2D eigenvalue weighted by Crippen LogP contribution is 2.46. The number of ether oxygens (including phenoxy) is 1. The number of allylic oxidation sites excluding steroid dienone is 3. The first kappa shape index (κ1) is 21.1. The van der Waals surface area contributed by atoms with Gasteiger partial charge in [0, 0.05) is 6.61 Å². The van der Waals surface area contributed by atoms with Gasteiger partial charge in [-0.25, -0.2) is 0 Å². The zero-order chi connectivity index (χ0) is 21.0. The minimum atomic E-state index is -0.630. The van der Waals surface area contributed by atoms with E-state index < -0.39 is 17.5 Å². The molecule has 150 valence electrons. The molecule has 0 radical (unpaired) electrons. The topological polar surface area (TPSA) is 127 Å². The fourth-order valence-corrected chi connectivity index (χ4v) is 2.61. The summed E-state index contributed by atoms with van der Waals surface area (Å²) in [6, 6.07) is 3.51. The molecule has 0 aliphatic carbocycles. The molecule has 7 heteroatoms. The number of aromatic hydroxyl groups is 4. The largest absolute Gasteiger partial charge is 0.507 e. The average molecular weight is 388 g/mol. The fraction of sp³-hybridized carbons (Fsp3) is 0.286. The first-order valence-electron chi connectivity index (χ1n) is 8.72. The lowest BCUT2D eigenvalue weighted by molar-refractivity contribution is -0.137. The van der Waals surface area contributed by atoms with Crippen molar-refractivity contribution in [3.05, 3.63) is 41.5 Å². The van der Waals surface area contributed by atoms with Crippen LogP contribution in [0.25, 0.3) is 16.5 Å². The van der Waals surface area contributed by atoms with Crippen molar-refractivity contribution in [2.75, 3.05) is 6.61 Å². The maximum Gasteiger partial charge on any atom is 0.311 e. The number of hydrogen-bond donors (Lipinski definition) is 5. The van der Waals surface area contributed by atoms with E-state index in [1.54, 1.807) is 13.0 Å². The molecule has 2 aromatic rings. The smallest absolute Gasteiger partial charge is 0.311 e. The highest BCUT2D eigenvalue weighted by molar-refractivity contribution is 6.04. The maximum absolute atomic E-state index is 12.2. The van der Waals surface area contributed by atoms with Gasteiger partial charge >= 0.3 is 5.97 Å². The number of aliphatic hydroxyl groups excluding tert-OH is 1. The molecule has 0 bridgehead atoms. The van der Waals surface area contributed by atoms with Crippen LogP contribution in [0.3, 0.4) is 0 Å². The second-order valence-electron chi connectivity index (χ2n) is 6.89. The Labute approximate surface area is 162 Å². The van der Waals surface area contributed by atoms with Gasteiger partial charge in [-0.05, 0) is 44.0 Å². The van der Waals surface area contributed by atoms with E-state index in [1.165, 1.54) is 18.2 Å². The number of phenolic OH excluding ortho intramolecular Hbond substituents is 4. The van der Waals surface area contributed by atoms with Gasteiger partial charge in [-0.2, -0.15) is 0 Å². The first-order valence-corrected chi connectivity index (χ1v) is 8.72. The molecule has 7 nitrogen and oxygen atoms in total. The molecule has 0 saturated carbocycles. The SMILES string of the molecule is CC(C)=CC=C(OC(=O)CC(C)CO)c1cc(O)c2c(O)ccc(O)c2c1O. The van der Waals surface area contributed by atoms with E-state index in [4.69, 9.17) is 9.84 Å². The minimum absolute atomic E-state index is 0.0339. The van der Waals surface area contributed by atoms with Crippen LogP contribution in [0, 0.1) is 5.92 Å². The zero-order valence-corrected chi connectivity index (χ0v) is 15.9. The van der Waals surface area contributed by atoms with Gasteiger partial charge in [-0.3, -0.25) is 4.79 Å². The predicted octanol–water partition coefficient (Wildman–Crippen LogP) is 3.53. The number of phenols is 4. The second-order valence-corrected chi connectivity index (χ2v) is 6.89. The van der Waals surface area contributed by atoms with E-state index in [-0.39, 0.29) is 52.5 Å². The van der Waals surface area contributed by atoms with E-state index in [1.807, 2.05) is 13.8 Å². The Morgan fingerprint density at radius 3 is 2.21 bits per heavy atom. The third-order valence-corrected chi connectivity index (χ3v) is 4.07. The number of rotatable bonds is 6. The molecule has 2 rings (SSSR count). The van der Waals surface area contributed by atoms with Crippen LogP contribution < -0.4 is 0 Å². The lowest BCUT2D eigenvalue weighted by Crippen LogP contribution is -2.11. The molecule has 2 aromatic carbocycles. The summed E-state index contributed by atoms with van der Waals surface area (Å²) < 4.78 is 5.37. The predicted molar refractivity (Wildman–Crippen MR) is 105 cm³/mol. The van der Waals surface area contributed by atoms with Crippen LogP contribution in [-0.4, -0.2) is 38.1 Å². The van der Waals surface area contributed by atoms with Crippen molar-refractivity contribution < 1.29 is 35.1 Å². The number of hydrogen-bond acceptors (Lipinski definition) is 7. The summed E-state index contributed by atoms with van der Waals surface area (Å²) in [5.41, 5.74) is 0.857. The van der Waals surface area contributed by atoms with Crippen molar-refractivity contribution >= 4 is 22.5 Å².